The highest BCUT2D eigenvalue weighted by Gasteiger charge is 2.12. The molecule has 0 saturated carbocycles. The number of nitrogens with two attached hydrogens (primary N) is 2. The molecule has 3 rings (SSSR count). The summed E-state index contributed by atoms with van der Waals surface area (Å²) in [6, 6.07) is 18.9. The molecule has 1 heterocycles. The summed E-state index contributed by atoms with van der Waals surface area (Å²) >= 11 is 1.62. The predicted molar refractivity (Wildman–Crippen MR) is 179 cm³/mol. The van der Waals surface area contributed by atoms with Crippen LogP contribution in [0.15, 0.2) is 78.3 Å². The van der Waals surface area contributed by atoms with E-state index in [1.165, 1.54) is 11.1 Å². The van der Waals surface area contributed by atoms with Crippen molar-refractivity contribution in [2.45, 2.75) is 84.7 Å². The second-order valence-corrected chi connectivity index (χ2v) is 12.7. The first-order chi connectivity index (χ1) is 20.7. The average Bonchev–Trinajstić information content (AvgIpc) is 3.42. The number of rotatable bonds is 18. The van der Waals surface area contributed by atoms with E-state index in [1.807, 2.05) is 31.2 Å². The zero-order valence-electron chi connectivity index (χ0n) is 26.1. The maximum Gasteiger partial charge on any atom is 0.220 e. The van der Waals surface area contributed by atoms with E-state index in [0.29, 0.717) is 18.2 Å². The van der Waals surface area contributed by atoms with E-state index in [4.69, 9.17) is 11.5 Å². The number of allylic oxidation sites excluding steroid dienone is 3. The number of nitrogens with one attached hydrogen (secondary N) is 3. The van der Waals surface area contributed by atoms with E-state index in [-0.39, 0.29) is 18.0 Å². The summed E-state index contributed by atoms with van der Waals surface area (Å²) in [6.45, 7) is 9.07. The van der Waals surface area contributed by atoms with E-state index in [2.05, 4.69) is 89.4 Å². The molecule has 0 bridgehead atoms. The minimum atomic E-state index is -0.0320. The van der Waals surface area contributed by atoms with Gasteiger partial charge in [-0.05, 0) is 80.7 Å². The summed E-state index contributed by atoms with van der Waals surface area (Å²) in [5, 5.41) is 20.3. The molecule has 1 amide bonds. The lowest BCUT2D eigenvalue weighted by Gasteiger charge is -2.18. The minimum Gasteiger partial charge on any atom is -0.402 e. The minimum absolute atomic E-state index is 0.0320. The molecule has 0 fully saturated rings. The Morgan fingerprint density at radius 2 is 1.67 bits per heavy atom. The predicted octanol–water partition coefficient (Wildman–Crippen LogP) is 5.99. The molecule has 43 heavy (non-hydrogen) atoms. The number of unbranched alkanes of at least 4 members (excludes halogenated alkanes) is 1. The molecule has 0 aliphatic carbocycles. The van der Waals surface area contributed by atoms with Gasteiger partial charge in [0.25, 0.3) is 0 Å². The van der Waals surface area contributed by atoms with Gasteiger partial charge in [0.2, 0.25) is 11.0 Å². The number of anilines is 1. The number of benzene rings is 2. The first kappa shape index (κ1) is 33.6. The third kappa shape index (κ3) is 13.3. The van der Waals surface area contributed by atoms with Crippen molar-refractivity contribution in [1.82, 2.24) is 20.8 Å². The average molecular weight is 604 g/mol. The Morgan fingerprint density at radius 3 is 2.44 bits per heavy atom. The standard InChI is InChI=1S/C34H49N7OS/c1-24(2)21-32(42)39-26(4)29-14-10-13-28(23-29)22-25(3)38-31(36)18-17-30(35)15-8-9-16-33-40-41-34(43-33)37-20-19-27-11-6-5-7-12-27/h5-7,10-14,17-18,23-26,38H,8-9,15-16,19-22,35-36H2,1-4H3,(H,37,41)(H,39,42)/b30-17-,31-18+. The number of carbonyl (C=O) groups is 1. The third-order valence-electron chi connectivity index (χ3n) is 6.96. The molecule has 0 saturated heterocycles. The molecule has 3 aromatic rings. The Balaban J connectivity index is 1.34. The van der Waals surface area contributed by atoms with E-state index in [9.17, 15) is 4.79 Å². The number of aromatic nitrogens is 2. The fraction of sp³-hybridized carbons (Fsp3) is 0.441. The monoisotopic (exact) mass is 603 g/mol. The van der Waals surface area contributed by atoms with Crippen molar-refractivity contribution in [1.29, 1.82) is 0 Å². The number of hydrogen-bond acceptors (Lipinski definition) is 8. The van der Waals surface area contributed by atoms with Crippen LogP contribution in [-0.2, 0) is 24.1 Å². The van der Waals surface area contributed by atoms with Gasteiger partial charge in [-0.3, -0.25) is 4.79 Å². The van der Waals surface area contributed by atoms with E-state index in [1.54, 1.807) is 11.3 Å². The zero-order valence-corrected chi connectivity index (χ0v) is 26.9. The topological polar surface area (TPSA) is 131 Å². The highest BCUT2D eigenvalue weighted by atomic mass is 32.1. The Labute approximate surface area is 261 Å². The summed E-state index contributed by atoms with van der Waals surface area (Å²) < 4.78 is 0. The summed E-state index contributed by atoms with van der Waals surface area (Å²) in [4.78, 5) is 12.2. The summed E-state index contributed by atoms with van der Waals surface area (Å²) in [7, 11) is 0. The van der Waals surface area contributed by atoms with Crippen molar-refractivity contribution < 1.29 is 4.79 Å². The lowest BCUT2D eigenvalue weighted by molar-refractivity contribution is -0.122. The van der Waals surface area contributed by atoms with Crippen LogP contribution in [-0.4, -0.2) is 28.7 Å². The molecule has 0 spiro atoms. The van der Waals surface area contributed by atoms with Crippen LogP contribution in [0.25, 0.3) is 0 Å². The first-order valence-electron chi connectivity index (χ1n) is 15.3. The number of aryl methyl sites for hydroxylation is 1. The number of amides is 1. The van der Waals surface area contributed by atoms with Crippen LogP contribution < -0.4 is 27.4 Å². The first-order valence-corrected chi connectivity index (χ1v) is 16.2. The van der Waals surface area contributed by atoms with Crippen molar-refractivity contribution >= 4 is 22.4 Å². The van der Waals surface area contributed by atoms with Crippen LogP contribution >= 0.6 is 11.3 Å². The summed E-state index contributed by atoms with van der Waals surface area (Å²) in [5.74, 6) is 1.01. The van der Waals surface area contributed by atoms with Gasteiger partial charge in [-0.25, -0.2) is 0 Å². The molecular formula is C34H49N7OS. The van der Waals surface area contributed by atoms with Crippen molar-refractivity contribution in [2.75, 3.05) is 11.9 Å². The molecule has 0 aliphatic heterocycles. The van der Waals surface area contributed by atoms with Crippen LogP contribution in [0.4, 0.5) is 5.13 Å². The lowest BCUT2D eigenvalue weighted by atomic mass is 10.0. The molecule has 2 unspecified atom stereocenters. The maximum atomic E-state index is 12.2. The normalized spacial score (nSPS) is 13.5. The van der Waals surface area contributed by atoms with Crippen LogP contribution in [0, 0.1) is 5.92 Å². The van der Waals surface area contributed by atoms with E-state index < -0.39 is 0 Å². The summed E-state index contributed by atoms with van der Waals surface area (Å²) in [5.41, 5.74) is 16.9. The highest BCUT2D eigenvalue weighted by Crippen LogP contribution is 2.19. The molecule has 1 aromatic heterocycles. The molecule has 7 N–H and O–H groups in total. The van der Waals surface area contributed by atoms with Crippen molar-refractivity contribution in [3.8, 4) is 0 Å². The molecule has 9 heteroatoms. The van der Waals surface area contributed by atoms with Crippen molar-refractivity contribution in [2.24, 2.45) is 17.4 Å². The second kappa shape index (κ2) is 18.0. The number of nitrogens with zero attached hydrogens (tertiary/aromatic N) is 2. The fourth-order valence-electron chi connectivity index (χ4n) is 4.75. The largest absolute Gasteiger partial charge is 0.402 e. The van der Waals surface area contributed by atoms with Gasteiger partial charge in [0.15, 0.2) is 0 Å². The van der Waals surface area contributed by atoms with Gasteiger partial charge in [0.05, 0.1) is 11.9 Å². The maximum absolute atomic E-state index is 12.2. The SMILES string of the molecule is CC(C)CC(=O)NC(C)c1cccc(CC(C)N/C(N)=C/C=C(\N)CCCCc2nnc(NCCc3ccccc3)s2)c1. The Morgan fingerprint density at radius 1 is 0.907 bits per heavy atom. The second-order valence-electron chi connectivity index (χ2n) is 11.6. The lowest BCUT2D eigenvalue weighted by Crippen LogP contribution is -2.31. The fourth-order valence-corrected chi connectivity index (χ4v) is 5.56. The van der Waals surface area contributed by atoms with Crippen LogP contribution in [0.3, 0.4) is 0 Å². The summed E-state index contributed by atoms with van der Waals surface area (Å²) in [6.07, 6.45) is 9.71. The quantitative estimate of drug-likeness (QED) is 0.0891. The Hall–Kier alpha value is -3.85. The third-order valence-corrected chi connectivity index (χ3v) is 7.90. The van der Waals surface area contributed by atoms with Crippen LogP contribution in [0.1, 0.15) is 81.1 Å². The van der Waals surface area contributed by atoms with E-state index >= 15 is 0 Å². The van der Waals surface area contributed by atoms with Crippen molar-refractivity contribution in [3.05, 3.63) is 100.0 Å². The molecular weight excluding hydrogens is 554 g/mol. The Kier molecular flexibility index (Phi) is 14.1. The van der Waals surface area contributed by atoms with Gasteiger partial charge in [0, 0.05) is 31.1 Å². The zero-order chi connectivity index (χ0) is 31.0. The molecule has 8 nitrogen and oxygen atoms in total. The van der Waals surface area contributed by atoms with Gasteiger partial charge in [-0.1, -0.05) is 79.8 Å². The molecule has 2 aromatic carbocycles. The molecule has 0 aliphatic rings. The number of hydrogen-bond donors (Lipinski definition) is 5. The number of carbonyl (C=O) groups excluding carboxylic acids is 1. The van der Waals surface area contributed by atoms with Crippen LogP contribution in [0.2, 0.25) is 0 Å². The smallest absolute Gasteiger partial charge is 0.220 e. The van der Waals surface area contributed by atoms with Gasteiger partial charge < -0.3 is 27.4 Å². The van der Waals surface area contributed by atoms with Gasteiger partial charge in [-0.15, -0.1) is 10.2 Å². The van der Waals surface area contributed by atoms with Crippen molar-refractivity contribution in [3.63, 3.8) is 0 Å². The van der Waals surface area contributed by atoms with Gasteiger partial charge in [0.1, 0.15) is 5.01 Å². The highest BCUT2D eigenvalue weighted by molar-refractivity contribution is 7.15. The molecule has 2 atom stereocenters. The van der Waals surface area contributed by atoms with Gasteiger partial charge >= 0.3 is 0 Å². The van der Waals surface area contributed by atoms with Crippen LogP contribution in [0.5, 0.6) is 0 Å². The molecule has 232 valence electrons. The van der Waals surface area contributed by atoms with Gasteiger partial charge in [-0.2, -0.15) is 0 Å². The molecule has 0 radical (unpaired) electrons. The Bertz CT molecular complexity index is 1320. The van der Waals surface area contributed by atoms with E-state index in [0.717, 1.165) is 66.5 Å².